The molecule has 1 aromatic heterocycles. The highest BCUT2D eigenvalue weighted by atomic mass is 32.1. The molecule has 0 spiro atoms. The summed E-state index contributed by atoms with van der Waals surface area (Å²) in [7, 11) is 0. The third-order valence-corrected chi connectivity index (χ3v) is 3.19. The lowest BCUT2D eigenvalue weighted by atomic mass is 10.1. The molecule has 2 aromatic rings. The SMILES string of the molecule is NC(=S)c1cc(C(F)(F)F)ccc1Nc1nccs1. The Morgan fingerprint density at radius 2 is 2.11 bits per heavy atom. The van der Waals surface area contributed by atoms with Crippen molar-refractivity contribution in [1.82, 2.24) is 4.98 Å². The lowest BCUT2D eigenvalue weighted by molar-refractivity contribution is -0.137. The summed E-state index contributed by atoms with van der Waals surface area (Å²) >= 11 is 6.10. The van der Waals surface area contributed by atoms with Crippen molar-refractivity contribution in [3.63, 3.8) is 0 Å². The lowest BCUT2D eigenvalue weighted by Crippen LogP contribution is -2.14. The van der Waals surface area contributed by atoms with Crippen LogP contribution in [0.2, 0.25) is 0 Å². The molecular weight excluding hydrogens is 295 g/mol. The number of nitrogens with two attached hydrogens (primary N) is 1. The van der Waals surface area contributed by atoms with Gasteiger partial charge in [-0.05, 0) is 18.2 Å². The third-order valence-electron chi connectivity index (χ3n) is 2.29. The Bertz CT molecular complexity index is 594. The zero-order chi connectivity index (χ0) is 14.0. The summed E-state index contributed by atoms with van der Waals surface area (Å²) in [5.74, 6) is 0. The van der Waals surface area contributed by atoms with Gasteiger partial charge in [0.2, 0.25) is 0 Å². The highest BCUT2D eigenvalue weighted by Crippen LogP contribution is 2.32. The van der Waals surface area contributed by atoms with Gasteiger partial charge in [-0.15, -0.1) is 11.3 Å². The quantitative estimate of drug-likeness (QED) is 0.852. The van der Waals surface area contributed by atoms with E-state index >= 15 is 0 Å². The average molecular weight is 303 g/mol. The van der Waals surface area contributed by atoms with Gasteiger partial charge in [0.25, 0.3) is 0 Å². The van der Waals surface area contributed by atoms with Crippen LogP contribution in [0.3, 0.4) is 0 Å². The number of halogens is 3. The molecule has 19 heavy (non-hydrogen) atoms. The van der Waals surface area contributed by atoms with Crippen LogP contribution in [0.4, 0.5) is 24.0 Å². The Kier molecular flexibility index (Phi) is 3.72. The van der Waals surface area contributed by atoms with E-state index in [4.69, 9.17) is 18.0 Å². The molecule has 0 saturated heterocycles. The van der Waals surface area contributed by atoms with Gasteiger partial charge in [0.05, 0.1) is 11.3 Å². The lowest BCUT2D eigenvalue weighted by Gasteiger charge is -2.13. The standard InChI is InChI=1S/C11H8F3N3S2/c12-11(13,14)6-1-2-8(7(5-6)9(15)18)17-10-16-3-4-19-10/h1-5H,(H2,15,18)(H,16,17). The first kappa shape index (κ1) is 13.8. The Morgan fingerprint density at radius 3 is 2.63 bits per heavy atom. The number of hydrogen-bond donors (Lipinski definition) is 2. The van der Waals surface area contributed by atoms with Crippen LogP contribution in [0.15, 0.2) is 29.8 Å². The van der Waals surface area contributed by atoms with Crippen LogP contribution < -0.4 is 11.1 Å². The fourth-order valence-electron chi connectivity index (χ4n) is 1.43. The van der Waals surface area contributed by atoms with Gasteiger partial charge in [0.1, 0.15) is 4.99 Å². The van der Waals surface area contributed by atoms with Crippen LogP contribution in [0.25, 0.3) is 0 Å². The summed E-state index contributed by atoms with van der Waals surface area (Å²) in [6.45, 7) is 0. The number of nitrogens with one attached hydrogen (secondary N) is 1. The maximum Gasteiger partial charge on any atom is 0.416 e. The minimum absolute atomic E-state index is 0.106. The van der Waals surface area contributed by atoms with Crippen LogP contribution in [0.1, 0.15) is 11.1 Å². The molecule has 0 saturated carbocycles. The van der Waals surface area contributed by atoms with Crippen LogP contribution in [0, 0.1) is 0 Å². The predicted octanol–water partition coefficient (Wildman–Crippen LogP) is 3.54. The van der Waals surface area contributed by atoms with Gasteiger partial charge in [-0.1, -0.05) is 12.2 Å². The van der Waals surface area contributed by atoms with Gasteiger partial charge in [0, 0.05) is 17.1 Å². The Hall–Kier alpha value is -1.67. The van der Waals surface area contributed by atoms with Crippen LogP contribution >= 0.6 is 23.6 Å². The van der Waals surface area contributed by atoms with E-state index in [0.717, 1.165) is 12.1 Å². The second kappa shape index (κ2) is 5.14. The summed E-state index contributed by atoms with van der Waals surface area (Å²) < 4.78 is 37.9. The van der Waals surface area contributed by atoms with E-state index in [1.54, 1.807) is 11.6 Å². The molecule has 0 fully saturated rings. The molecule has 2 rings (SSSR count). The molecule has 0 atom stereocenters. The van der Waals surface area contributed by atoms with E-state index < -0.39 is 11.7 Å². The number of rotatable bonds is 3. The van der Waals surface area contributed by atoms with Crippen molar-refractivity contribution in [3.05, 3.63) is 40.9 Å². The second-order valence-electron chi connectivity index (χ2n) is 3.58. The fourth-order valence-corrected chi connectivity index (χ4v) is 2.14. The van der Waals surface area contributed by atoms with Crippen molar-refractivity contribution in [3.8, 4) is 0 Å². The van der Waals surface area contributed by atoms with Crippen molar-refractivity contribution in [2.75, 3.05) is 5.32 Å². The summed E-state index contributed by atoms with van der Waals surface area (Å²) in [5.41, 5.74) is 5.21. The molecule has 0 bridgehead atoms. The minimum Gasteiger partial charge on any atom is -0.389 e. The molecule has 0 aliphatic rings. The predicted molar refractivity (Wildman–Crippen MR) is 72.7 cm³/mol. The normalized spacial score (nSPS) is 11.3. The van der Waals surface area contributed by atoms with E-state index in [0.29, 0.717) is 10.8 Å². The van der Waals surface area contributed by atoms with Crippen LogP contribution in [0.5, 0.6) is 0 Å². The Labute approximate surface area is 116 Å². The van der Waals surface area contributed by atoms with E-state index in [1.807, 2.05) is 0 Å². The van der Waals surface area contributed by atoms with Gasteiger partial charge in [-0.25, -0.2) is 4.98 Å². The maximum absolute atomic E-state index is 12.6. The second-order valence-corrected chi connectivity index (χ2v) is 4.92. The van der Waals surface area contributed by atoms with E-state index in [2.05, 4.69) is 10.3 Å². The van der Waals surface area contributed by atoms with E-state index in [-0.39, 0.29) is 10.6 Å². The fraction of sp³-hybridized carbons (Fsp3) is 0.0909. The number of hydrogen-bond acceptors (Lipinski definition) is 4. The highest BCUT2D eigenvalue weighted by Gasteiger charge is 2.31. The topological polar surface area (TPSA) is 50.9 Å². The number of benzene rings is 1. The molecule has 0 unspecified atom stereocenters. The molecule has 1 aromatic carbocycles. The Balaban J connectivity index is 2.41. The largest absolute Gasteiger partial charge is 0.416 e. The van der Waals surface area contributed by atoms with Crippen molar-refractivity contribution >= 4 is 39.4 Å². The number of thiocarbonyl (C=S) groups is 1. The molecule has 100 valence electrons. The molecule has 8 heteroatoms. The molecule has 3 nitrogen and oxygen atoms in total. The van der Waals surface area contributed by atoms with E-state index in [9.17, 15) is 13.2 Å². The minimum atomic E-state index is -4.43. The van der Waals surface area contributed by atoms with Crippen LogP contribution in [-0.2, 0) is 6.18 Å². The Morgan fingerprint density at radius 1 is 1.37 bits per heavy atom. The van der Waals surface area contributed by atoms with E-state index in [1.165, 1.54) is 17.4 Å². The van der Waals surface area contributed by atoms with Gasteiger partial charge in [-0.2, -0.15) is 13.2 Å². The van der Waals surface area contributed by atoms with Gasteiger partial charge in [0.15, 0.2) is 5.13 Å². The van der Waals surface area contributed by atoms with Crippen molar-refractivity contribution in [1.29, 1.82) is 0 Å². The monoisotopic (exact) mass is 303 g/mol. The number of thiazole rings is 1. The number of anilines is 2. The van der Waals surface area contributed by atoms with Gasteiger partial charge < -0.3 is 11.1 Å². The summed E-state index contributed by atoms with van der Waals surface area (Å²) in [6, 6.07) is 3.19. The summed E-state index contributed by atoms with van der Waals surface area (Å²) in [6.07, 6.45) is -2.85. The van der Waals surface area contributed by atoms with Crippen molar-refractivity contribution in [2.24, 2.45) is 5.73 Å². The van der Waals surface area contributed by atoms with Crippen molar-refractivity contribution in [2.45, 2.75) is 6.18 Å². The van der Waals surface area contributed by atoms with Crippen LogP contribution in [-0.4, -0.2) is 9.97 Å². The number of aromatic nitrogens is 1. The average Bonchev–Trinajstić information content (AvgIpc) is 2.80. The summed E-state index contributed by atoms with van der Waals surface area (Å²) in [5, 5.41) is 5.18. The highest BCUT2D eigenvalue weighted by molar-refractivity contribution is 7.80. The molecule has 0 aliphatic carbocycles. The van der Waals surface area contributed by atoms with Crippen molar-refractivity contribution < 1.29 is 13.2 Å². The first-order valence-corrected chi connectivity index (χ1v) is 6.34. The maximum atomic E-state index is 12.6. The first-order valence-electron chi connectivity index (χ1n) is 5.05. The molecule has 0 amide bonds. The molecule has 0 radical (unpaired) electrons. The smallest absolute Gasteiger partial charge is 0.389 e. The summed E-state index contributed by atoms with van der Waals surface area (Å²) in [4.78, 5) is 3.88. The third kappa shape index (κ3) is 3.21. The van der Waals surface area contributed by atoms with Gasteiger partial charge in [-0.3, -0.25) is 0 Å². The number of alkyl halides is 3. The van der Waals surface area contributed by atoms with Gasteiger partial charge >= 0.3 is 6.18 Å². The first-order chi connectivity index (χ1) is 8.88. The zero-order valence-corrected chi connectivity index (χ0v) is 11.0. The molecule has 1 heterocycles. The molecule has 3 N–H and O–H groups in total. The zero-order valence-electron chi connectivity index (χ0n) is 9.36. The molecule has 0 aliphatic heterocycles. The molecular formula is C11H8F3N3S2. The number of nitrogens with zero attached hydrogens (tertiary/aromatic N) is 1.